The monoisotopic (exact) mass is 1820 g/mol. The lowest BCUT2D eigenvalue weighted by atomic mass is 9.79. The first-order chi connectivity index (χ1) is 65.0. The molecular formula is C111H129N5O18. The van der Waals surface area contributed by atoms with Gasteiger partial charge in [0.15, 0.2) is 0 Å². The second-order valence-corrected chi connectivity index (χ2v) is 39.7. The van der Waals surface area contributed by atoms with Gasteiger partial charge < -0.3 is 51.5 Å². The molecule has 7 aromatic carbocycles. The summed E-state index contributed by atoms with van der Waals surface area (Å²) in [7, 11) is 6.53. The van der Waals surface area contributed by atoms with Crippen LogP contribution in [0.5, 0.6) is 23.1 Å². The highest BCUT2D eigenvalue weighted by Crippen LogP contribution is 2.46. The number of pyridine rings is 1. The SMILES string of the molecule is CC(C)(C)OC(=O)N1CCC(CCCOc2ccc3c4c(ccc3n2)CC=C4C2CCC(=O)CC2=O)CC1.CN(CCOc1ccc2c(ccc3occ(C4CCC(=O)CC4=O)c32)c1)C1CCOCC1.CN1CCC(N(C)CCOc2ccc3c(ccc4occ(C5CCC(=O)CC5=O)c43)c2)CC1.O=C1CCC(c2coc3ccc4cc(OCCCC5CCCCC5)ccc4c23)C(=O)C1. The topological polar surface area (TPSA) is 274 Å². The normalized spacial score (nSPS) is 20.6. The molecule has 23 heteroatoms. The van der Waals surface area contributed by atoms with Gasteiger partial charge in [-0.15, -0.1) is 0 Å². The second kappa shape index (κ2) is 43.2. The molecule has 0 spiro atoms. The number of hydrogen-bond acceptors (Lipinski definition) is 22. The molecule has 20 rings (SSSR count). The molecule has 6 aliphatic carbocycles. The number of nitrogens with zero attached hydrogens (tertiary/aromatic N) is 5. The largest absolute Gasteiger partial charge is 0.494 e. The fourth-order valence-electron chi connectivity index (χ4n) is 21.8. The number of amides is 1. The number of likely N-dealkylation sites (tertiary alicyclic amines) is 2. The first-order valence-corrected chi connectivity index (χ1v) is 49.2. The molecule has 3 aliphatic heterocycles. The first-order valence-electron chi connectivity index (χ1n) is 49.2. The zero-order chi connectivity index (χ0) is 93.1. The van der Waals surface area contributed by atoms with Crippen molar-refractivity contribution in [2.24, 2.45) is 17.8 Å². The van der Waals surface area contributed by atoms with E-state index in [9.17, 15) is 43.2 Å². The Kier molecular flexibility index (Phi) is 30.5. The van der Waals surface area contributed by atoms with Crippen molar-refractivity contribution >= 4 is 134 Å². The summed E-state index contributed by atoms with van der Waals surface area (Å²) in [6.45, 7) is 15.6. The van der Waals surface area contributed by atoms with Gasteiger partial charge in [0.1, 0.15) is 99.1 Å². The zero-order valence-electron chi connectivity index (χ0n) is 78.8. The van der Waals surface area contributed by atoms with Gasteiger partial charge in [0.05, 0.1) is 63.2 Å². The summed E-state index contributed by atoms with van der Waals surface area (Å²) in [6.07, 6.45) is 30.1. The molecule has 7 heterocycles. The molecule has 3 saturated heterocycles. The lowest BCUT2D eigenvalue weighted by Crippen LogP contribution is -2.43. The number of ketones is 8. The van der Waals surface area contributed by atoms with E-state index in [1.807, 2.05) is 105 Å². The van der Waals surface area contributed by atoms with Crippen LogP contribution in [-0.2, 0) is 54.3 Å². The highest BCUT2D eigenvalue weighted by molar-refractivity contribution is 6.15. The van der Waals surface area contributed by atoms with Crippen LogP contribution in [0.4, 0.5) is 4.79 Å². The average molecular weight is 1820 g/mol. The van der Waals surface area contributed by atoms with Crippen molar-refractivity contribution in [1.29, 1.82) is 0 Å². The van der Waals surface area contributed by atoms with E-state index in [4.69, 9.17) is 46.7 Å². The number of hydrogen-bond donors (Lipinski definition) is 0. The number of carbonyl (C=O) groups is 9. The minimum atomic E-state index is -0.461. The zero-order valence-corrected chi connectivity index (χ0v) is 78.8. The minimum Gasteiger partial charge on any atom is -0.494 e. The van der Waals surface area contributed by atoms with E-state index >= 15 is 0 Å². The van der Waals surface area contributed by atoms with Gasteiger partial charge in [-0.3, -0.25) is 48.2 Å². The van der Waals surface area contributed by atoms with E-state index in [0.717, 1.165) is 238 Å². The standard InChI is InChI=1S/C31H38N2O5.C27H32N2O4.C27H30O4.C26H29NO5/c1-31(2,3)38-30(36)33-16-14-20(15-17-33)5-4-18-37-28-13-11-25-26(32-28)12-7-21-6-9-24(29(21)25)23-10-8-22(34)19-27(23)35;1-28-11-9-19(10-12-28)29(2)13-14-32-21-5-7-22-18(15-21)3-8-26-27(22)24(17-33-26)23-6-4-20(30)16-25(23)31;28-20-9-11-23(25(29)16-20)24-17-31-26-13-8-19-15-21(10-12-22(19)27(24)26)30-14-4-7-18-5-2-1-3-6-18;1-27(18-8-11-30-12-9-18)10-13-31-20-4-6-21-17(14-20)2-7-25-26(21)23(16-32-25)22-5-3-19(28)15-24(22)29/h7,9,11-13,20,23H,4-6,8,10,14-19H2,1-3H3;3,5,7-8,15,17,19,23H,4,6,9-14,16H2,1-2H3;8,10,12-13,15,17-18,23H,1-7,9,11,14,16H2;2,4,6-7,14,16,18,22H,3,5,8-13,15H2,1H3. The predicted molar refractivity (Wildman–Crippen MR) is 519 cm³/mol. The lowest BCUT2D eigenvalue weighted by Gasteiger charge is -2.35. The Labute approximate surface area is 784 Å². The molecule has 4 unspecified atom stereocenters. The molecule has 9 aliphatic rings. The number of allylic oxidation sites excluding steroid dienone is 2. The first kappa shape index (κ1) is 94.5. The maximum atomic E-state index is 12.6. The Morgan fingerprint density at radius 2 is 0.873 bits per heavy atom. The summed E-state index contributed by atoms with van der Waals surface area (Å²) in [6, 6.07) is 39.7. The number of benzene rings is 7. The van der Waals surface area contributed by atoms with Gasteiger partial charge in [0, 0.05) is 145 Å². The van der Waals surface area contributed by atoms with E-state index in [-0.39, 0.29) is 102 Å². The van der Waals surface area contributed by atoms with Crippen LogP contribution in [0, 0.1) is 17.8 Å². The lowest BCUT2D eigenvalue weighted by molar-refractivity contribution is -0.132. The number of Topliss-reactive ketones (excluding diaryl/α,β-unsaturated/α-hetero) is 8. The summed E-state index contributed by atoms with van der Waals surface area (Å²) in [5, 5.41) is 10.4. The number of ether oxygens (including phenoxy) is 6. The molecule has 134 heavy (non-hydrogen) atoms. The molecule has 706 valence electrons. The highest BCUT2D eigenvalue weighted by atomic mass is 16.6. The fraction of sp³-hybridized carbons (Fsp3) is 0.495. The summed E-state index contributed by atoms with van der Waals surface area (Å²) >= 11 is 0. The molecular weight excluding hydrogens is 1690 g/mol. The molecule has 0 bridgehead atoms. The number of aromatic nitrogens is 1. The van der Waals surface area contributed by atoms with Gasteiger partial charge in [0.25, 0.3) is 0 Å². The number of fused-ring (bicyclic) bond motifs is 12. The van der Waals surface area contributed by atoms with Crippen molar-refractivity contribution in [2.45, 2.75) is 236 Å². The summed E-state index contributed by atoms with van der Waals surface area (Å²) < 4.78 is 52.5. The van der Waals surface area contributed by atoms with Crippen LogP contribution >= 0.6 is 0 Å². The van der Waals surface area contributed by atoms with Gasteiger partial charge >= 0.3 is 6.09 Å². The molecule has 23 nitrogen and oxygen atoms in total. The van der Waals surface area contributed by atoms with Crippen molar-refractivity contribution in [3.63, 3.8) is 0 Å². The molecule has 11 aromatic rings. The molecule has 0 radical (unpaired) electrons. The molecule has 1 amide bonds. The third-order valence-electron chi connectivity index (χ3n) is 29.4. The van der Waals surface area contributed by atoms with E-state index in [2.05, 4.69) is 78.3 Å². The second-order valence-electron chi connectivity index (χ2n) is 39.7. The van der Waals surface area contributed by atoms with Crippen LogP contribution < -0.4 is 18.9 Å². The molecule has 5 saturated carbocycles. The van der Waals surface area contributed by atoms with Crippen LogP contribution in [0.3, 0.4) is 0 Å². The summed E-state index contributed by atoms with van der Waals surface area (Å²) in [5.74, 6) is 3.91. The van der Waals surface area contributed by atoms with Gasteiger partial charge in [-0.2, -0.15) is 0 Å². The van der Waals surface area contributed by atoms with Gasteiger partial charge in [-0.25, -0.2) is 9.78 Å². The van der Waals surface area contributed by atoms with E-state index < -0.39 is 5.60 Å². The van der Waals surface area contributed by atoms with Gasteiger partial charge in [-0.05, 0) is 297 Å². The van der Waals surface area contributed by atoms with Crippen molar-refractivity contribution in [2.75, 3.05) is 100 Å². The van der Waals surface area contributed by atoms with E-state index in [1.165, 1.54) is 56.9 Å². The number of furan rings is 3. The Morgan fingerprint density at radius 1 is 0.448 bits per heavy atom. The van der Waals surface area contributed by atoms with Crippen LogP contribution in [-0.4, -0.2) is 195 Å². The maximum Gasteiger partial charge on any atom is 0.410 e. The predicted octanol–water partition coefficient (Wildman–Crippen LogP) is 21.5. The summed E-state index contributed by atoms with van der Waals surface area (Å²) in [4.78, 5) is 123. The molecule has 4 aromatic heterocycles. The van der Waals surface area contributed by atoms with Crippen LogP contribution in [0.2, 0.25) is 0 Å². The van der Waals surface area contributed by atoms with E-state index in [1.54, 1.807) is 18.8 Å². The van der Waals surface area contributed by atoms with Crippen molar-refractivity contribution in [1.82, 2.24) is 24.6 Å². The molecule has 8 fully saturated rings. The van der Waals surface area contributed by atoms with Gasteiger partial charge in [0.2, 0.25) is 5.88 Å². The van der Waals surface area contributed by atoms with Crippen molar-refractivity contribution in [3.8, 4) is 23.1 Å². The van der Waals surface area contributed by atoms with Crippen molar-refractivity contribution < 1.29 is 84.8 Å². The number of carbonyl (C=O) groups excluding carboxylic acids is 9. The molecule has 0 N–H and O–H groups in total. The highest BCUT2D eigenvalue weighted by Gasteiger charge is 2.38. The number of piperidine rings is 2. The quantitative estimate of drug-likeness (QED) is 0.0401. The van der Waals surface area contributed by atoms with Crippen LogP contribution in [0.1, 0.15) is 240 Å². The van der Waals surface area contributed by atoms with E-state index in [0.29, 0.717) is 95.1 Å². The fourth-order valence-corrected chi connectivity index (χ4v) is 21.8. The van der Waals surface area contributed by atoms with Crippen LogP contribution in [0.25, 0.3) is 81.7 Å². The Balaban J connectivity index is 0.000000125. The number of likely N-dealkylation sites (N-methyl/N-ethyl adjacent to an activating group) is 2. The van der Waals surface area contributed by atoms with Gasteiger partial charge in [-0.1, -0.05) is 62.4 Å². The Bertz CT molecular complexity index is 6180. The Hall–Kier alpha value is -11.2. The molecule has 4 atom stereocenters. The third-order valence-corrected chi connectivity index (χ3v) is 29.4. The minimum absolute atomic E-state index is 0.000336. The number of rotatable bonds is 24. The smallest absolute Gasteiger partial charge is 0.410 e. The average Bonchev–Trinajstić information content (AvgIpc) is 1.61. The van der Waals surface area contributed by atoms with Crippen molar-refractivity contribution in [3.05, 3.63) is 168 Å². The maximum absolute atomic E-state index is 12.6. The summed E-state index contributed by atoms with van der Waals surface area (Å²) in [5.41, 5.74) is 8.84. The Morgan fingerprint density at radius 3 is 1.33 bits per heavy atom. The third kappa shape index (κ3) is 22.8. The van der Waals surface area contributed by atoms with Crippen LogP contribution in [0.15, 0.2) is 153 Å².